The van der Waals surface area contributed by atoms with Crippen LogP contribution in [0.4, 0.5) is 0 Å². The SMILES string of the molecule is Cc1nc(C)c(-c2ccc3cc(-c4c(C5CCCCC5)c5ccc(C(=O)O)cc5n4CC(=O)N(C)C)ccc3n2)s1. The topological polar surface area (TPSA) is 88.3 Å². The highest BCUT2D eigenvalue weighted by Crippen LogP contribution is 2.45. The minimum atomic E-state index is -0.974. The second-order valence-electron chi connectivity index (χ2n) is 11.3. The van der Waals surface area contributed by atoms with Crippen molar-refractivity contribution in [1.82, 2.24) is 19.4 Å². The van der Waals surface area contributed by atoms with Crippen molar-refractivity contribution in [2.75, 3.05) is 14.1 Å². The van der Waals surface area contributed by atoms with Crippen LogP contribution in [0.5, 0.6) is 0 Å². The van der Waals surface area contributed by atoms with Crippen LogP contribution < -0.4 is 0 Å². The highest BCUT2D eigenvalue weighted by Gasteiger charge is 2.28. The van der Waals surface area contributed by atoms with Gasteiger partial charge in [0.2, 0.25) is 5.91 Å². The fourth-order valence-electron chi connectivity index (χ4n) is 6.23. The average Bonchev–Trinajstić information content (AvgIpc) is 3.48. The number of rotatable bonds is 6. The lowest BCUT2D eigenvalue weighted by Crippen LogP contribution is -2.26. The number of carbonyl (C=O) groups excluding carboxylic acids is 1. The van der Waals surface area contributed by atoms with Gasteiger partial charge in [0.1, 0.15) is 6.54 Å². The van der Waals surface area contributed by atoms with Crippen LogP contribution in [-0.2, 0) is 11.3 Å². The molecule has 210 valence electrons. The molecule has 7 nitrogen and oxygen atoms in total. The molecular formula is C33H34N4O3S. The maximum absolute atomic E-state index is 13.1. The van der Waals surface area contributed by atoms with Crippen LogP contribution in [0.1, 0.15) is 64.6 Å². The number of benzene rings is 2. The molecular weight excluding hydrogens is 532 g/mol. The van der Waals surface area contributed by atoms with E-state index in [-0.39, 0.29) is 18.0 Å². The van der Waals surface area contributed by atoms with E-state index in [0.29, 0.717) is 5.92 Å². The van der Waals surface area contributed by atoms with Crippen molar-refractivity contribution in [3.05, 3.63) is 70.4 Å². The molecule has 3 heterocycles. The Morgan fingerprint density at radius 3 is 2.46 bits per heavy atom. The Hall–Kier alpha value is -4.04. The van der Waals surface area contributed by atoms with Crippen molar-refractivity contribution in [2.45, 2.75) is 58.4 Å². The smallest absolute Gasteiger partial charge is 0.335 e. The predicted octanol–water partition coefficient (Wildman–Crippen LogP) is 7.43. The molecule has 1 N–H and O–H groups in total. The minimum absolute atomic E-state index is 0.0404. The quantitative estimate of drug-likeness (QED) is 0.231. The highest BCUT2D eigenvalue weighted by molar-refractivity contribution is 7.15. The van der Waals surface area contributed by atoms with E-state index in [2.05, 4.69) is 35.3 Å². The maximum atomic E-state index is 13.1. The zero-order valence-corrected chi connectivity index (χ0v) is 24.7. The van der Waals surface area contributed by atoms with E-state index in [1.165, 1.54) is 24.8 Å². The normalized spacial score (nSPS) is 14.1. The molecule has 1 aliphatic carbocycles. The van der Waals surface area contributed by atoms with Crippen molar-refractivity contribution >= 4 is 45.0 Å². The molecule has 0 saturated heterocycles. The Balaban J connectivity index is 1.57. The molecule has 8 heteroatoms. The number of likely N-dealkylation sites (N-methyl/N-ethyl adjacent to an activating group) is 1. The monoisotopic (exact) mass is 566 g/mol. The van der Waals surface area contributed by atoms with E-state index in [4.69, 9.17) is 4.98 Å². The van der Waals surface area contributed by atoms with Crippen molar-refractivity contribution in [3.8, 4) is 21.8 Å². The van der Waals surface area contributed by atoms with Crippen molar-refractivity contribution in [1.29, 1.82) is 0 Å². The number of aryl methyl sites for hydroxylation is 2. The first-order valence-corrected chi connectivity index (χ1v) is 15.0. The average molecular weight is 567 g/mol. The van der Waals surface area contributed by atoms with Crippen LogP contribution in [0.2, 0.25) is 0 Å². The zero-order valence-electron chi connectivity index (χ0n) is 23.9. The number of carbonyl (C=O) groups is 2. The maximum Gasteiger partial charge on any atom is 0.335 e. The summed E-state index contributed by atoms with van der Waals surface area (Å²) < 4.78 is 2.04. The zero-order chi connectivity index (χ0) is 28.8. The van der Waals surface area contributed by atoms with E-state index in [0.717, 1.165) is 67.2 Å². The largest absolute Gasteiger partial charge is 0.478 e. The molecule has 1 fully saturated rings. The summed E-state index contributed by atoms with van der Waals surface area (Å²) in [5, 5.41) is 12.9. The molecule has 0 spiro atoms. The molecule has 1 amide bonds. The van der Waals surface area contributed by atoms with E-state index in [9.17, 15) is 14.7 Å². The van der Waals surface area contributed by atoms with Crippen molar-refractivity contribution in [3.63, 3.8) is 0 Å². The summed E-state index contributed by atoms with van der Waals surface area (Å²) in [6, 6.07) is 15.8. The molecule has 6 rings (SSSR count). The molecule has 0 atom stereocenters. The van der Waals surface area contributed by atoms with Crippen LogP contribution in [0.25, 0.3) is 43.6 Å². The number of carboxylic acid groups (broad SMARTS) is 1. The number of carboxylic acids is 1. The molecule has 0 radical (unpaired) electrons. The number of aromatic nitrogens is 3. The fraction of sp³-hybridized carbons (Fsp3) is 0.333. The Labute approximate surface area is 243 Å². The number of pyridine rings is 1. The van der Waals surface area contributed by atoms with Gasteiger partial charge in [-0.25, -0.2) is 14.8 Å². The molecule has 2 aromatic carbocycles. The number of nitrogens with zero attached hydrogens (tertiary/aromatic N) is 4. The van der Waals surface area contributed by atoms with Gasteiger partial charge in [-0.2, -0.15) is 0 Å². The molecule has 0 bridgehead atoms. The standard InChI is InChI=1S/C33H34N4O3S/c1-19-32(41-20(2)34-19)27-15-11-22-16-23(12-14-26(22)35-27)31-30(21-8-6-5-7-9-21)25-13-10-24(33(39)40)17-28(25)37(31)18-29(38)36(3)4/h10-17,21H,5-9,18H2,1-4H3,(H,39,40). The molecule has 41 heavy (non-hydrogen) atoms. The van der Waals surface area contributed by atoms with Gasteiger partial charge < -0.3 is 14.6 Å². The summed E-state index contributed by atoms with van der Waals surface area (Å²) in [5.74, 6) is -0.666. The van der Waals surface area contributed by atoms with Gasteiger partial charge in [0.15, 0.2) is 0 Å². The van der Waals surface area contributed by atoms with Crippen molar-refractivity contribution in [2.24, 2.45) is 0 Å². The first-order valence-electron chi connectivity index (χ1n) is 14.2. The number of hydrogen-bond donors (Lipinski definition) is 1. The van der Waals surface area contributed by atoms with Crippen LogP contribution in [0.3, 0.4) is 0 Å². The third-order valence-electron chi connectivity index (χ3n) is 8.26. The minimum Gasteiger partial charge on any atom is -0.478 e. The first kappa shape index (κ1) is 27.1. The Morgan fingerprint density at radius 1 is 1.00 bits per heavy atom. The number of aromatic carboxylic acids is 1. The summed E-state index contributed by atoms with van der Waals surface area (Å²) in [5.41, 5.74) is 7.06. The van der Waals surface area contributed by atoms with Crippen LogP contribution in [-0.4, -0.2) is 50.5 Å². The van der Waals surface area contributed by atoms with E-state index >= 15 is 0 Å². The summed E-state index contributed by atoms with van der Waals surface area (Å²) in [4.78, 5) is 37.3. The van der Waals surface area contributed by atoms with E-state index in [1.807, 2.05) is 24.5 Å². The molecule has 0 unspecified atom stereocenters. The van der Waals surface area contributed by atoms with Gasteiger partial charge in [-0.3, -0.25) is 4.79 Å². The van der Waals surface area contributed by atoms with Gasteiger partial charge in [-0.15, -0.1) is 11.3 Å². The molecule has 1 aliphatic rings. The van der Waals surface area contributed by atoms with Gasteiger partial charge in [0.05, 0.1) is 43.6 Å². The molecule has 3 aromatic heterocycles. The number of thiazole rings is 1. The summed E-state index contributed by atoms with van der Waals surface area (Å²) in [6.45, 7) is 4.16. The Bertz CT molecular complexity index is 1810. The third kappa shape index (κ3) is 5.01. The summed E-state index contributed by atoms with van der Waals surface area (Å²) in [7, 11) is 3.51. The van der Waals surface area contributed by atoms with E-state index in [1.54, 1.807) is 42.5 Å². The summed E-state index contributed by atoms with van der Waals surface area (Å²) >= 11 is 1.65. The summed E-state index contributed by atoms with van der Waals surface area (Å²) in [6.07, 6.45) is 5.74. The second kappa shape index (κ2) is 10.7. The Morgan fingerprint density at radius 2 is 1.78 bits per heavy atom. The lowest BCUT2D eigenvalue weighted by atomic mass is 9.81. The third-order valence-corrected chi connectivity index (χ3v) is 9.35. The van der Waals surface area contributed by atoms with Crippen LogP contribution in [0.15, 0.2) is 48.5 Å². The van der Waals surface area contributed by atoms with Gasteiger partial charge in [0, 0.05) is 24.9 Å². The number of hydrogen-bond acceptors (Lipinski definition) is 5. The molecule has 5 aromatic rings. The van der Waals surface area contributed by atoms with Crippen molar-refractivity contribution < 1.29 is 14.7 Å². The van der Waals surface area contributed by atoms with Gasteiger partial charge in [0.25, 0.3) is 0 Å². The fourth-order valence-corrected chi connectivity index (χ4v) is 7.12. The Kier molecular flexibility index (Phi) is 7.11. The lowest BCUT2D eigenvalue weighted by Gasteiger charge is -2.24. The van der Waals surface area contributed by atoms with Crippen LogP contribution >= 0.6 is 11.3 Å². The van der Waals surface area contributed by atoms with Gasteiger partial charge in [-0.1, -0.05) is 37.5 Å². The molecule has 0 aliphatic heterocycles. The first-order chi connectivity index (χ1) is 19.7. The van der Waals surface area contributed by atoms with Crippen LogP contribution in [0, 0.1) is 13.8 Å². The van der Waals surface area contributed by atoms with Gasteiger partial charge in [-0.05, 0) is 74.1 Å². The lowest BCUT2D eigenvalue weighted by molar-refractivity contribution is -0.129. The number of amides is 1. The number of fused-ring (bicyclic) bond motifs is 2. The van der Waals surface area contributed by atoms with E-state index < -0.39 is 5.97 Å². The molecule has 1 saturated carbocycles. The van der Waals surface area contributed by atoms with Gasteiger partial charge >= 0.3 is 5.97 Å². The second-order valence-corrected chi connectivity index (χ2v) is 12.5. The highest BCUT2D eigenvalue weighted by atomic mass is 32.1. The predicted molar refractivity (Wildman–Crippen MR) is 165 cm³/mol.